The molecule has 0 aliphatic rings. The van der Waals surface area contributed by atoms with Crippen molar-refractivity contribution in [2.45, 2.75) is 25.7 Å². The van der Waals surface area contributed by atoms with Crippen molar-refractivity contribution in [3.8, 4) is 0 Å². The standard InChI is InChI=1S/C20H29N5OS.HI/c1-20(2,17-9-7-13-27-17)15-24-19(21-3)23-14-18(26)25(4)12-10-16-8-5-6-11-22-16;/h5-9,11,13H,10,12,14-15H2,1-4H3,(H2,21,23,24);1H. The number of thiophene rings is 1. The van der Waals surface area contributed by atoms with Gasteiger partial charge < -0.3 is 15.5 Å². The zero-order valence-corrected chi connectivity index (χ0v) is 20.1. The van der Waals surface area contributed by atoms with E-state index in [4.69, 9.17) is 0 Å². The van der Waals surface area contributed by atoms with Gasteiger partial charge in [-0.15, -0.1) is 35.3 Å². The average molecular weight is 515 g/mol. The third kappa shape index (κ3) is 7.75. The Balaban J connectivity index is 0.00000392. The second kappa shape index (κ2) is 12.0. The SMILES string of the molecule is CN=C(NCC(=O)N(C)CCc1ccccn1)NCC(C)(C)c1cccs1.I. The van der Waals surface area contributed by atoms with Crippen LogP contribution in [0.2, 0.25) is 0 Å². The third-order valence-corrected chi connectivity index (χ3v) is 5.61. The minimum Gasteiger partial charge on any atom is -0.356 e. The van der Waals surface area contributed by atoms with E-state index in [1.165, 1.54) is 4.88 Å². The molecule has 0 unspecified atom stereocenters. The third-order valence-electron chi connectivity index (χ3n) is 4.37. The lowest BCUT2D eigenvalue weighted by atomic mass is 9.91. The van der Waals surface area contributed by atoms with E-state index in [1.807, 2.05) is 25.2 Å². The van der Waals surface area contributed by atoms with Gasteiger partial charge in [0.05, 0.1) is 6.54 Å². The number of carbonyl (C=O) groups is 1. The molecule has 0 aliphatic heterocycles. The minimum absolute atomic E-state index is 0. The summed E-state index contributed by atoms with van der Waals surface area (Å²) in [6.07, 6.45) is 2.51. The van der Waals surface area contributed by atoms with Crippen molar-refractivity contribution < 1.29 is 4.79 Å². The van der Waals surface area contributed by atoms with Crippen LogP contribution in [-0.4, -0.2) is 55.5 Å². The molecule has 0 saturated heterocycles. The van der Waals surface area contributed by atoms with Crippen LogP contribution in [0, 0.1) is 0 Å². The van der Waals surface area contributed by atoms with Gasteiger partial charge in [0, 0.05) is 55.8 Å². The summed E-state index contributed by atoms with van der Waals surface area (Å²) in [5, 5.41) is 8.50. The van der Waals surface area contributed by atoms with Gasteiger partial charge in [0.2, 0.25) is 5.91 Å². The molecular weight excluding hydrogens is 485 g/mol. The minimum atomic E-state index is -0.00469. The summed E-state index contributed by atoms with van der Waals surface area (Å²) in [5.74, 6) is 0.650. The Morgan fingerprint density at radius 1 is 1.25 bits per heavy atom. The van der Waals surface area contributed by atoms with Gasteiger partial charge in [0.25, 0.3) is 0 Å². The second-order valence-corrected chi connectivity index (χ2v) is 7.97. The van der Waals surface area contributed by atoms with Crippen LogP contribution in [0.1, 0.15) is 24.4 Å². The summed E-state index contributed by atoms with van der Waals surface area (Å²) in [6.45, 7) is 5.95. The maximum Gasteiger partial charge on any atom is 0.241 e. The van der Waals surface area contributed by atoms with Gasteiger partial charge in [-0.1, -0.05) is 26.0 Å². The number of halogens is 1. The van der Waals surface area contributed by atoms with Crippen LogP contribution in [0.5, 0.6) is 0 Å². The summed E-state index contributed by atoms with van der Waals surface area (Å²) in [5.41, 5.74) is 0.980. The van der Waals surface area contributed by atoms with Crippen LogP contribution in [0.25, 0.3) is 0 Å². The van der Waals surface area contributed by atoms with E-state index >= 15 is 0 Å². The summed E-state index contributed by atoms with van der Waals surface area (Å²) in [7, 11) is 3.52. The number of nitrogens with zero attached hydrogens (tertiary/aromatic N) is 3. The maximum atomic E-state index is 12.3. The number of hydrogen-bond acceptors (Lipinski definition) is 4. The molecule has 1 amide bonds. The van der Waals surface area contributed by atoms with Crippen molar-refractivity contribution in [1.29, 1.82) is 0 Å². The Kier molecular flexibility index (Phi) is 10.4. The first-order valence-electron chi connectivity index (χ1n) is 9.05. The van der Waals surface area contributed by atoms with E-state index in [9.17, 15) is 4.79 Å². The topological polar surface area (TPSA) is 69.6 Å². The molecule has 0 bridgehead atoms. The van der Waals surface area contributed by atoms with Gasteiger partial charge in [-0.3, -0.25) is 14.8 Å². The van der Waals surface area contributed by atoms with Crippen LogP contribution < -0.4 is 10.6 Å². The van der Waals surface area contributed by atoms with E-state index in [0.29, 0.717) is 12.5 Å². The highest BCUT2D eigenvalue weighted by Crippen LogP contribution is 2.26. The first-order chi connectivity index (χ1) is 12.9. The molecule has 154 valence electrons. The predicted octanol–water partition coefficient (Wildman–Crippen LogP) is 2.90. The quantitative estimate of drug-likeness (QED) is 0.323. The Morgan fingerprint density at radius 2 is 2.04 bits per heavy atom. The number of aromatic nitrogens is 1. The Labute approximate surface area is 188 Å². The summed E-state index contributed by atoms with van der Waals surface area (Å²) >= 11 is 1.75. The van der Waals surface area contributed by atoms with Gasteiger partial charge in [-0.25, -0.2) is 0 Å². The highest BCUT2D eigenvalue weighted by molar-refractivity contribution is 14.0. The van der Waals surface area contributed by atoms with E-state index in [1.54, 1.807) is 29.5 Å². The second-order valence-electron chi connectivity index (χ2n) is 7.03. The Hall–Kier alpha value is -1.68. The fraction of sp³-hybridized carbons (Fsp3) is 0.450. The molecule has 0 aromatic carbocycles. The number of hydrogen-bond donors (Lipinski definition) is 2. The van der Waals surface area contributed by atoms with Crippen LogP contribution in [0.15, 0.2) is 46.9 Å². The van der Waals surface area contributed by atoms with E-state index < -0.39 is 0 Å². The number of carbonyl (C=O) groups excluding carboxylic acids is 1. The molecule has 0 spiro atoms. The molecule has 6 nitrogen and oxygen atoms in total. The lowest BCUT2D eigenvalue weighted by Crippen LogP contribution is -2.46. The predicted molar refractivity (Wildman–Crippen MR) is 128 cm³/mol. The van der Waals surface area contributed by atoms with E-state index in [0.717, 1.165) is 18.7 Å². The fourth-order valence-electron chi connectivity index (χ4n) is 2.52. The lowest BCUT2D eigenvalue weighted by Gasteiger charge is -2.25. The number of aliphatic imine (C=N–C) groups is 1. The van der Waals surface area contributed by atoms with Gasteiger partial charge in [0.15, 0.2) is 5.96 Å². The van der Waals surface area contributed by atoms with Crippen molar-refractivity contribution in [1.82, 2.24) is 20.5 Å². The van der Waals surface area contributed by atoms with Crippen molar-refractivity contribution in [3.63, 3.8) is 0 Å². The maximum absolute atomic E-state index is 12.3. The number of amides is 1. The largest absolute Gasteiger partial charge is 0.356 e. The first kappa shape index (κ1) is 24.4. The molecule has 2 aromatic heterocycles. The molecule has 0 fully saturated rings. The lowest BCUT2D eigenvalue weighted by molar-refractivity contribution is -0.128. The normalized spacial score (nSPS) is 11.5. The summed E-state index contributed by atoms with van der Waals surface area (Å²) in [4.78, 5) is 23.9. The molecule has 2 N–H and O–H groups in total. The van der Waals surface area contributed by atoms with Crippen molar-refractivity contribution >= 4 is 47.2 Å². The fourth-order valence-corrected chi connectivity index (χ4v) is 3.38. The molecule has 0 saturated carbocycles. The van der Waals surface area contributed by atoms with Gasteiger partial charge >= 0.3 is 0 Å². The number of nitrogens with one attached hydrogen (secondary N) is 2. The zero-order chi connectivity index (χ0) is 19.7. The zero-order valence-electron chi connectivity index (χ0n) is 16.9. The van der Waals surface area contributed by atoms with Crippen LogP contribution >= 0.6 is 35.3 Å². The Morgan fingerprint density at radius 3 is 2.64 bits per heavy atom. The van der Waals surface area contributed by atoms with E-state index in [2.05, 4.69) is 52.0 Å². The number of pyridine rings is 1. The molecule has 28 heavy (non-hydrogen) atoms. The summed E-state index contributed by atoms with van der Waals surface area (Å²) < 4.78 is 0. The molecule has 0 atom stereocenters. The van der Waals surface area contributed by atoms with Crippen molar-refractivity contribution in [2.75, 3.05) is 33.7 Å². The van der Waals surface area contributed by atoms with Gasteiger partial charge in [-0.05, 0) is 23.6 Å². The van der Waals surface area contributed by atoms with Crippen molar-refractivity contribution in [2.24, 2.45) is 4.99 Å². The molecule has 0 aliphatic carbocycles. The van der Waals surface area contributed by atoms with Crippen molar-refractivity contribution in [3.05, 3.63) is 52.5 Å². The number of guanidine groups is 1. The molecule has 8 heteroatoms. The molecular formula is C20H30IN5OS. The highest BCUT2D eigenvalue weighted by Gasteiger charge is 2.22. The molecule has 2 rings (SSSR count). The number of likely N-dealkylation sites (N-methyl/N-ethyl adjacent to an activating group) is 1. The number of rotatable bonds is 8. The molecule has 2 aromatic rings. The molecule has 0 radical (unpaired) electrons. The highest BCUT2D eigenvalue weighted by atomic mass is 127. The van der Waals surface area contributed by atoms with Gasteiger partial charge in [-0.2, -0.15) is 0 Å². The monoisotopic (exact) mass is 515 g/mol. The smallest absolute Gasteiger partial charge is 0.241 e. The van der Waals surface area contributed by atoms with Gasteiger partial charge in [0.1, 0.15) is 0 Å². The van der Waals surface area contributed by atoms with Crippen LogP contribution in [0.3, 0.4) is 0 Å². The molecule has 2 heterocycles. The van der Waals surface area contributed by atoms with Crippen LogP contribution in [-0.2, 0) is 16.6 Å². The average Bonchev–Trinajstić information content (AvgIpc) is 3.22. The van der Waals surface area contributed by atoms with Crippen LogP contribution in [0.4, 0.5) is 0 Å². The summed E-state index contributed by atoms with van der Waals surface area (Å²) in [6, 6.07) is 10.0. The Bertz CT molecular complexity index is 734. The first-order valence-corrected chi connectivity index (χ1v) is 9.93. The van der Waals surface area contributed by atoms with E-state index in [-0.39, 0.29) is 41.8 Å².